The van der Waals surface area contributed by atoms with E-state index < -0.39 is 0 Å². The lowest BCUT2D eigenvalue weighted by Crippen LogP contribution is -2.35. The average Bonchev–Trinajstić information content (AvgIpc) is 2.04. The summed E-state index contributed by atoms with van der Waals surface area (Å²) in [5, 5.41) is 0.194. The van der Waals surface area contributed by atoms with Gasteiger partial charge in [-0.3, -0.25) is 0 Å². The van der Waals surface area contributed by atoms with Gasteiger partial charge in [0.25, 0.3) is 0 Å². The Kier molecular flexibility index (Phi) is 9.42. The molecule has 3 heteroatoms. The van der Waals surface area contributed by atoms with Gasteiger partial charge in [-0.1, -0.05) is 13.8 Å². The summed E-state index contributed by atoms with van der Waals surface area (Å²) in [6, 6.07) is 0. The normalized spacial score (nSPS) is 12.0. The van der Waals surface area contributed by atoms with Crippen LogP contribution in [-0.4, -0.2) is 16.5 Å². The second-order valence-electron chi connectivity index (χ2n) is 4.43. The standard InChI is InChI=1S/C10H22O.CH2Cl2/c1-7-9(3,4)11-10(5,6)8-2;2-1-3/h7-8H2,1-6H3;1H2. The van der Waals surface area contributed by atoms with Crippen LogP contribution in [0.25, 0.3) is 0 Å². The van der Waals surface area contributed by atoms with Crippen molar-refractivity contribution in [3.8, 4) is 0 Å². The molecule has 0 unspecified atom stereocenters. The van der Waals surface area contributed by atoms with E-state index in [0.29, 0.717) is 0 Å². The van der Waals surface area contributed by atoms with Crippen molar-refractivity contribution < 1.29 is 4.74 Å². The molecule has 0 aromatic rings. The fraction of sp³-hybridized carbons (Fsp3) is 1.00. The lowest BCUT2D eigenvalue weighted by Gasteiger charge is -2.34. The quantitative estimate of drug-likeness (QED) is 0.644. The number of halogens is 2. The van der Waals surface area contributed by atoms with Gasteiger partial charge in [-0.25, -0.2) is 0 Å². The molecule has 0 aliphatic rings. The zero-order valence-electron chi connectivity index (χ0n) is 10.3. The summed E-state index contributed by atoms with van der Waals surface area (Å²) in [7, 11) is 0. The van der Waals surface area contributed by atoms with Gasteiger partial charge in [0.15, 0.2) is 0 Å². The maximum absolute atomic E-state index is 5.92. The van der Waals surface area contributed by atoms with Gasteiger partial charge in [0, 0.05) is 0 Å². The summed E-state index contributed by atoms with van der Waals surface area (Å²) in [5.41, 5.74) is 0.0546. The highest BCUT2D eigenvalue weighted by atomic mass is 35.5. The Balaban J connectivity index is 0. The van der Waals surface area contributed by atoms with E-state index in [0.717, 1.165) is 12.8 Å². The lowest BCUT2D eigenvalue weighted by atomic mass is 10.0. The molecule has 0 spiro atoms. The molecule has 1 nitrogen and oxygen atoms in total. The number of alkyl halides is 2. The van der Waals surface area contributed by atoms with Gasteiger partial charge < -0.3 is 4.74 Å². The molecule has 0 aromatic heterocycles. The monoisotopic (exact) mass is 242 g/mol. The van der Waals surface area contributed by atoms with Crippen LogP contribution in [0.5, 0.6) is 0 Å². The van der Waals surface area contributed by atoms with Crippen LogP contribution in [0.15, 0.2) is 0 Å². The number of hydrogen-bond acceptors (Lipinski definition) is 1. The van der Waals surface area contributed by atoms with Crippen molar-refractivity contribution in [2.24, 2.45) is 0 Å². The number of hydrogen-bond donors (Lipinski definition) is 0. The highest BCUT2D eigenvalue weighted by molar-refractivity contribution is 6.40. The first-order valence-corrected chi connectivity index (χ1v) is 6.13. The van der Waals surface area contributed by atoms with Gasteiger partial charge in [-0.15, -0.1) is 23.2 Å². The summed E-state index contributed by atoms with van der Waals surface area (Å²) < 4.78 is 5.92. The van der Waals surface area contributed by atoms with Crippen LogP contribution < -0.4 is 0 Å². The van der Waals surface area contributed by atoms with E-state index in [2.05, 4.69) is 41.5 Å². The molecule has 14 heavy (non-hydrogen) atoms. The van der Waals surface area contributed by atoms with Crippen molar-refractivity contribution >= 4 is 23.2 Å². The third-order valence-electron chi connectivity index (χ3n) is 2.26. The van der Waals surface area contributed by atoms with Crippen molar-refractivity contribution in [1.82, 2.24) is 0 Å². The minimum atomic E-state index is 0.0273. The van der Waals surface area contributed by atoms with Crippen molar-refractivity contribution in [2.45, 2.75) is 65.6 Å². The van der Waals surface area contributed by atoms with Crippen LogP contribution in [0.1, 0.15) is 54.4 Å². The Bertz CT molecular complexity index is 119. The molecule has 0 heterocycles. The molecule has 0 aliphatic heterocycles. The maximum atomic E-state index is 5.92. The lowest BCUT2D eigenvalue weighted by molar-refractivity contribution is -0.124. The predicted molar refractivity (Wildman–Crippen MR) is 66.4 cm³/mol. The topological polar surface area (TPSA) is 9.23 Å². The summed E-state index contributed by atoms with van der Waals surface area (Å²) in [6.07, 6.45) is 2.13. The van der Waals surface area contributed by atoms with Gasteiger partial charge in [0.05, 0.1) is 16.5 Å². The predicted octanol–water partition coefficient (Wildman–Crippen LogP) is 4.80. The second-order valence-corrected chi connectivity index (χ2v) is 5.24. The van der Waals surface area contributed by atoms with Gasteiger partial charge in [-0.2, -0.15) is 0 Å². The largest absolute Gasteiger partial charge is 0.370 e. The van der Waals surface area contributed by atoms with Crippen molar-refractivity contribution in [2.75, 3.05) is 5.34 Å². The Labute approximate surface area is 99.1 Å². The molecule has 0 aliphatic carbocycles. The van der Waals surface area contributed by atoms with Gasteiger partial charge >= 0.3 is 0 Å². The first-order chi connectivity index (χ1) is 6.24. The van der Waals surface area contributed by atoms with Crippen molar-refractivity contribution in [3.63, 3.8) is 0 Å². The molecule has 0 N–H and O–H groups in total. The van der Waals surface area contributed by atoms with Gasteiger partial charge in [-0.05, 0) is 40.5 Å². The Hall–Kier alpha value is 0.540. The highest BCUT2D eigenvalue weighted by Crippen LogP contribution is 2.24. The molecule has 0 saturated carbocycles. The molecule has 0 saturated heterocycles. The summed E-state index contributed by atoms with van der Waals surface area (Å²) >= 11 is 9.53. The van der Waals surface area contributed by atoms with Gasteiger partial charge in [0.1, 0.15) is 0 Å². The van der Waals surface area contributed by atoms with Gasteiger partial charge in [0.2, 0.25) is 0 Å². The Morgan fingerprint density at radius 3 is 1.21 bits per heavy atom. The zero-order valence-corrected chi connectivity index (χ0v) is 11.8. The van der Waals surface area contributed by atoms with E-state index in [1.807, 2.05) is 0 Å². The first kappa shape index (κ1) is 17.0. The molecule has 0 bridgehead atoms. The first-order valence-electron chi connectivity index (χ1n) is 5.06. The number of ether oxygens (including phenoxy) is 1. The minimum Gasteiger partial charge on any atom is -0.370 e. The fourth-order valence-corrected chi connectivity index (χ4v) is 0.892. The van der Waals surface area contributed by atoms with E-state index in [4.69, 9.17) is 27.9 Å². The molecular formula is C11H24Cl2O. The zero-order chi connectivity index (χ0) is 11.8. The van der Waals surface area contributed by atoms with E-state index >= 15 is 0 Å². The van der Waals surface area contributed by atoms with E-state index in [1.54, 1.807) is 0 Å². The third-order valence-corrected chi connectivity index (χ3v) is 2.26. The van der Waals surface area contributed by atoms with Crippen LogP contribution >= 0.6 is 23.2 Å². The number of rotatable bonds is 4. The van der Waals surface area contributed by atoms with Crippen LogP contribution in [0.3, 0.4) is 0 Å². The third kappa shape index (κ3) is 10.6. The molecule has 0 amide bonds. The molecule has 88 valence electrons. The summed E-state index contributed by atoms with van der Waals surface area (Å²) in [4.78, 5) is 0. The molecule has 0 radical (unpaired) electrons. The van der Waals surface area contributed by atoms with E-state index in [-0.39, 0.29) is 16.5 Å². The van der Waals surface area contributed by atoms with E-state index in [9.17, 15) is 0 Å². The van der Waals surface area contributed by atoms with Crippen LogP contribution in [0.4, 0.5) is 0 Å². The SMILES string of the molecule is CCC(C)(C)OC(C)(C)CC.ClCCl. The molecule has 0 rings (SSSR count). The Morgan fingerprint density at radius 2 is 1.07 bits per heavy atom. The van der Waals surface area contributed by atoms with Crippen LogP contribution in [0, 0.1) is 0 Å². The highest BCUT2D eigenvalue weighted by Gasteiger charge is 2.25. The Morgan fingerprint density at radius 1 is 0.857 bits per heavy atom. The van der Waals surface area contributed by atoms with E-state index in [1.165, 1.54) is 0 Å². The van der Waals surface area contributed by atoms with Crippen molar-refractivity contribution in [1.29, 1.82) is 0 Å². The molecule has 0 fully saturated rings. The molecular weight excluding hydrogens is 219 g/mol. The molecule has 0 atom stereocenters. The fourth-order valence-electron chi connectivity index (χ4n) is 0.892. The van der Waals surface area contributed by atoms with Crippen molar-refractivity contribution in [3.05, 3.63) is 0 Å². The maximum Gasteiger partial charge on any atom is 0.0967 e. The average molecular weight is 243 g/mol. The second kappa shape index (κ2) is 7.78. The summed E-state index contributed by atoms with van der Waals surface area (Å²) in [5.74, 6) is 0. The summed E-state index contributed by atoms with van der Waals surface area (Å²) in [6.45, 7) is 12.9. The van der Waals surface area contributed by atoms with Crippen LogP contribution in [0.2, 0.25) is 0 Å². The smallest absolute Gasteiger partial charge is 0.0967 e. The molecule has 0 aromatic carbocycles. The minimum absolute atomic E-state index is 0.0273. The van der Waals surface area contributed by atoms with Crippen LogP contribution in [-0.2, 0) is 4.74 Å².